The molecule has 0 bridgehead atoms. The summed E-state index contributed by atoms with van der Waals surface area (Å²) in [6.07, 6.45) is 9.57. The minimum atomic E-state index is -0.0605. The first kappa shape index (κ1) is 13.4. The molecule has 2 nitrogen and oxygen atoms in total. The molecule has 2 heteroatoms. The molecule has 0 aliphatic heterocycles. The van der Waals surface area contributed by atoms with Gasteiger partial charge in [0.2, 0.25) is 0 Å². The average molecular weight is 239 g/mol. The van der Waals surface area contributed by atoms with Gasteiger partial charge >= 0.3 is 0 Å². The lowest BCUT2D eigenvalue weighted by atomic mass is 9.58. The van der Waals surface area contributed by atoms with Crippen LogP contribution in [0.15, 0.2) is 0 Å². The SMILES string of the molecule is CC1(C)CCC(C2(CN)CCC(O)CC2)CC1. The first-order valence-electron chi connectivity index (χ1n) is 7.36. The van der Waals surface area contributed by atoms with E-state index in [1.807, 2.05) is 0 Å². The van der Waals surface area contributed by atoms with E-state index in [0.29, 0.717) is 10.8 Å². The molecule has 2 saturated carbocycles. The highest BCUT2D eigenvalue weighted by atomic mass is 16.3. The van der Waals surface area contributed by atoms with Crippen LogP contribution in [0.25, 0.3) is 0 Å². The molecule has 0 atom stereocenters. The third-order valence-corrected chi connectivity index (χ3v) is 5.56. The maximum absolute atomic E-state index is 9.68. The largest absolute Gasteiger partial charge is 0.393 e. The van der Waals surface area contributed by atoms with Gasteiger partial charge in [0.1, 0.15) is 0 Å². The van der Waals surface area contributed by atoms with Gasteiger partial charge in [-0.3, -0.25) is 0 Å². The van der Waals surface area contributed by atoms with Crippen LogP contribution in [0.3, 0.4) is 0 Å². The van der Waals surface area contributed by atoms with Crippen molar-refractivity contribution in [1.82, 2.24) is 0 Å². The number of rotatable bonds is 2. The van der Waals surface area contributed by atoms with Gasteiger partial charge < -0.3 is 10.8 Å². The molecule has 0 aromatic heterocycles. The molecular formula is C15H29NO. The van der Waals surface area contributed by atoms with Crippen LogP contribution in [-0.4, -0.2) is 17.8 Å². The fourth-order valence-corrected chi connectivity index (χ4v) is 3.97. The second kappa shape index (κ2) is 4.89. The summed E-state index contributed by atoms with van der Waals surface area (Å²) >= 11 is 0. The molecule has 3 N–H and O–H groups in total. The molecular weight excluding hydrogens is 210 g/mol. The van der Waals surface area contributed by atoms with Crippen LogP contribution in [0.5, 0.6) is 0 Å². The van der Waals surface area contributed by atoms with Crippen molar-refractivity contribution in [2.45, 2.75) is 71.3 Å². The third kappa shape index (κ3) is 2.85. The smallest absolute Gasteiger partial charge is 0.0540 e. The summed E-state index contributed by atoms with van der Waals surface area (Å²) in [5.41, 5.74) is 7.00. The summed E-state index contributed by atoms with van der Waals surface area (Å²) in [4.78, 5) is 0. The predicted molar refractivity (Wildman–Crippen MR) is 71.7 cm³/mol. The zero-order valence-corrected chi connectivity index (χ0v) is 11.5. The number of aliphatic hydroxyl groups excluding tert-OH is 1. The Morgan fingerprint density at radius 1 is 1.00 bits per heavy atom. The Bertz CT molecular complexity index is 244. The summed E-state index contributed by atoms with van der Waals surface area (Å²) in [5.74, 6) is 0.813. The van der Waals surface area contributed by atoms with E-state index >= 15 is 0 Å². The Hall–Kier alpha value is -0.0800. The van der Waals surface area contributed by atoms with Crippen LogP contribution in [0.4, 0.5) is 0 Å². The Morgan fingerprint density at radius 2 is 1.53 bits per heavy atom. The predicted octanol–water partition coefficient (Wildman–Crippen LogP) is 3.08. The molecule has 0 saturated heterocycles. The van der Waals surface area contributed by atoms with Crippen molar-refractivity contribution >= 4 is 0 Å². The monoisotopic (exact) mass is 239 g/mol. The maximum atomic E-state index is 9.68. The number of aliphatic hydroxyl groups is 1. The highest BCUT2D eigenvalue weighted by molar-refractivity contribution is 4.94. The van der Waals surface area contributed by atoms with Crippen LogP contribution in [0.1, 0.15) is 65.2 Å². The lowest BCUT2D eigenvalue weighted by molar-refractivity contribution is 0.00282. The second-order valence-electron chi connectivity index (χ2n) is 7.24. The Kier molecular flexibility index (Phi) is 3.84. The molecule has 100 valence electrons. The van der Waals surface area contributed by atoms with Crippen LogP contribution in [-0.2, 0) is 0 Å². The minimum Gasteiger partial charge on any atom is -0.393 e. The quantitative estimate of drug-likeness (QED) is 0.778. The lowest BCUT2D eigenvalue weighted by Gasteiger charge is -2.48. The van der Waals surface area contributed by atoms with E-state index < -0.39 is 0 Å². The Balaban J connectivity index is 1.99. The Labute approximate surface area is 106 Å². The second-order valence-corrected chi connectivity index (χ2v) is 7.24. The summed E-state index contributed by atoms with van der Waals surface area (Å²) in [5, 5.41) is 9.68. The van der Waals surface area contributed by atoms with Crippen LogP contribution in [0, 0.1) is 16.7 Å². The highest BCUT2D eigenvalue weighted by Gasteiger charge is 2.42. The summed E-state index contributed by atoms with van der Waals surface area (Å²) in [6, 6.07) is 0. The van der Waals surface area contributed by atoms with Crippen molar-refractivity contribution in [2.24, 2.45) is 22.5 Å². The van der Waals surface area contributed by atoms with Crippen LogP contribution >= 0.6 is 0 Å². The van der Waals surface area contributed by atoms with E-state index in [1.54, 1.807) is 0 Å². The van der Waals surface area contributed by atoms with Gasteiger partial charge in [0.05, 0.1) is 6.10 Å². The summed E-state index contributed by atoms with van der Waals surface area (Å²) in [6.45, 7) is 5.61. The molecule has 2 rings (SSSR count). The first-order valence-corrected chi connectivity index (χ1v) is 7.36. The molecule has 0 aromatic carbocycles. The van der Waals surface area contributed by atoms with Gasteiger partial charge in [0.25, 0.3) is 0 Å². The van der Waals surface area contributed by atoms with E-state index in [-0.39, 0.29) is 6.10 Å². The van der Waals surface area contributed by atoms with Crippen molar-refractivity contribution < 1.29 is 5.11 Å². The van der Waals surface area contributed by atoms with Gasteiger partial charge in [0, 0.05) is 0 Å². The number of nitrogens with two attached hydrogens (primary N) is 1. The van der Waals surface area contributed by atoms with Gasteiger partial charge in [-0.2, -0.15) is 0 Å². The van der Waals surface area contributed by atoms with E-state index in [0.717, 1.165) is 38.1 Å². The van der Waals surface area contributed by atoms with Gasteiger partial charge in [-0.25, -0.2) is 0 Å². The van der Waals surface area contributed by atoms with Gasteiger partial charge in [0.15, 0.2) is 0 Å². The van der Waals surface area contributed by atoms with Crippen LogP contribution < -0.4 is 5.73 Å². The van der Waals surface area contributed by atoms with E-state index in [4.69, 9.17) is 5.73 Å². The molecule has 0 radical (unpaired) electrons. The van der Waals surface area contributed by atoms with Crippen molar-refractivity contribution in [1.29, 1.82) is 0 Å². The topological polar surface area (TPSA) is 46.2 Å². The van der Waals surface area contributed by atoms with Gasteiger partial charge in [-0.15, -0.1) is 0 Å². The number of hydrogen-bond donors (Lipinski definition) is 2. The third-order valence-electron chi connectivity index (χ3n) is 5.56. The fourth-order valence-electron chi connectivity index (χ4n) is 3.97. The zero-order chi connectivity index (χ0) is 12.5. The Morgan fingerprint density at radius 3 is 2.00 bits per heavy atom. The van der Waals surface area contributed by atoms with Crippen LogP contribution in [0.2, 0.25) is 0 Å². The molecule has 2 aliphatic carbocycles. The molecule has 0 amide bonds. The highest BCUT2D eigenvalue weighted by Crippen LogP contribution is 2.50. The molecule has 0 unspecified atom stereocenters. The molecule has 0 aromatic rings. The molecule has 0 spiro atoms. The van der Waals surface area contributed by atoms with Gasteiger partial charge in [-0.05, 0) is 74.7 Å². The number of hydrogen-bond acceptors (Lipinski definition) is 2. The lowest BCUT2D eigenvalue weighted by Crippen LogP contribution is -2.44. The molecule has 2 fully saturated rings. The van der Waals surface area contributed by atoms with Crippen molar-refractivity contribution in [3.05, 3.63) is 0 Å². The maximum Gasteiger partial charge on any atom is 0.0540 e. The average Bonchev–Trinajstić information content (AvgIpc) is 2.31. The van der Waals surface area contributed by atoms with Gasteiger partial charge in [-0.1, -0.05) is 13.8 Å². The van der Waals surface area contributed by atoms with E-state index in [2.05, 4.69) is 13.8 Å². The van der Waals surface area contributed by atoms with Crippen molar-refractivity contribution in [3.8, 4) is 0 Å². The normalized spacial score (nSPS) is 39.2. The summed E-state index contributed by atoms with van der Waals surface area (Å²) in [7, 11) is 0. The standard InChI is InChI=1S/C15H29NO/c1-14(2)7-3-12(4-8-14)15(11-16)9-5-13(17)6-10-15/h12-13,17H,3-11,16H2,1-2H3. The first-order chi connectivity index (χ1) is 7.97. The zero-order valence-electron chi connectivity index (χ0n) is 11.5. The van der Waals surface area contributed by atoms with E-state index in [1.165, 1.54) is 25.7 Å². The fraction of sp³-hybridized carbons (Fsp3) is 1.00. The summed E-state index contributed by atoms with van der Waals surface area (Å²) < 4.78 is 0. The molecule has 0 heterocycles. The van der Waals surface area contributed by atoms with Crippen molar-refractivity contribution in [2.75, 3.05) is 6.54 Å². The van der Waals surface area contributed by atoms with E-state index in [9.17, 15) is 5.11 Å². The molecule has 17 heavy (non-hydrogen) atoms. The van der Waals surface area contributed by atoms with Crippen molar-refractivity contribution in [3.63, 3.8) is 0 Å². The molecule has 2 aliphatic rings. The minimum absolute atomic E-state index is 0.0605.